The summed E-state index contributed by atoms with van der Waals surface area (Å²) in [6.07, 6.45) is 5.21. The summed E-state index contributed by atoms with van der Waals surface area (Å²) in [6.45, 7) is 9.85. The molecule has 2 aliphatic heterocycles. The lowest BCUT2D eigenvalue weighted by atomic mass is 10.1. The normalized spacial score (nSPS) is 20.1. The Morgan fingerprint density at radius 3 is 2.81 bits per heavy atom. The average Bonchev–Trinajstić information content (AvgIpc) is 3.04. The number of aliphatic imine (C=N–C) groups is 1. The van der Waals surface area contributed by atoms with Gasteiger partial charge in [-0.2, -0.15) is 0 Å². The third kappa shape index (κ3) is 5.51. The number of rotatable bonds is 7. The number of piperidine rings is 1. The first-order chi connectivity index (χ1) is 13.2. The van der Waals surface area contributed by atoms with Gasteiger partial charge in [0.2, 0.25) is 0 Å². The minimum absolute atomic E-state index is 0.238. The molecule has 6 nitrogen and oxygen atoms in total. The van der Waals surface area contributed by atoms with Crippen molar-refractivity contribution in [1.82, 2.24) is 15.5 Å². The van der Waals surface area contributed by atoms with Gasteiger partial charge in [-0.1, -0.05) is 6.42 Å². The predicted molar refractivity (Wildman–Crippen MR) is 110 cm³/mol. The van der Waals surface area contributed by atoms with E-state index in [0.717, 1.165) is 42.5 Å². The Balaban J connectivity index is 1.53. The summed E-state index contributed by atoms with van der Waals surface area (Å²) in [4.78, 5) is 6.87. The fourth-order valence-electron chi connectivity index (χ4n) is 3.82. The molecule has 2 heterocycles. The van der Waals surface area contributed by atoms with Gasteiger partial charge in [-0.15, -0.1) is 0 Å². The number of fused-ring (bicyclic) bond motifs is 1. The van der Waals surface area contributed by atoms with E-state index in [1.165, 1.54) is 37.9 Å². The van der Waals surface area contributed by atoms with Gasteiger partial charge in [-0.3, -0.25) is 4.99 Å². The standard InChI is InChI=1S/C21H34N4O2/c1-4-26-19-13-17-12-16(2)27-20(17)14-18(19)15-24-21(22-3)23-8-11-25-9-6-5-7-10-25/h13-14,16H,4-12,15H2,1-3H3,(H2,22,23,24). The maximum atomic E-state index is 5.91. The predicted octanol–water partition coefficient (Wildman–Crippen LogP) is 2.56. The smallest absolute Gasteiger partial charge is 0.191 e. The van der Waals surface area contributed by atoms with Crippen LogP contribution in [-0.4, -0.2) is 56.8 Å². The van der Waals surface area contributed by atoms with E-state index < -0.39 is 0 Å². The van der Waals surface area contributed by atoms with Crippen molar-refractivity contribution in [1.29, 1.82) is 0 Å². The van der Waals surface area contributed by atoms with Crippen molar-refractivity contribution in [2.75, 3.05) is 39.8 Å². The lowest BCUT2D eigenvalue weighted by Crippen LogP contribution is -2.42. The van der Waals surface area contributed by atoms with Gasteiger partial charge in [-0.25, -0.2) is 0 Å². The Kier molecular flexibility index (Phi) is 7.21. The molecule has 1 unspecified atom stereocenters. The van der Waals surface area contributed by atoms with Crippen LogP contribution in [0.3, 0.4) is 0 Å². The third-order valence-electron chi connectivity index (χ3n) is 5.22. The zero-order chi connectivity index (χ0) is 19.1. The van der Waals surface area contributed by atoms with Crippen molar-refractivity contribution in [3.8, 4) is 11.5 Å². The molecule has 0 bridgehead atoms. The van der Waals surface area contributed by atoms with Crippen LogP contribution in [0.1, 0.15) is 44.2 Å². The van der Waals surface area contributed by atoms with Crippen LogP contribution in [0.4, 0.5) is 0 Å². The highest BCUT2D eigenvalue weighted by Crippen LogP contribution is 2.35. The first-order valence-corrected chi connectivity index (χ1v) is 10.3. The summed E-state index contributed by atoms with van der Waals surface area (Å²) < 4.78 is 11.8. The van der Waals surface area contributed by atoms with Crippen LogP contribution in [0.25, 0.3) is 0 Å². The van der Waals surface area contributed by atoms with E-state index in [1.54, 1.807) is 0 Å². The molecule has 0 aromatic heterocycles. The summed E-state index contributed by atoms with van der Waals surface area (Å²) in [5.74, 6) is 2.74. The van der Waals surface area contributed by atoms with Crippen LogP contribution < -0.4 is 20.1 Å². The Hall–Kier alpha value is -1.95. The topological polar surface area (TPSA) is 58.1 Å². The van der Waals surface area contributed by atoms with Gasteiger partial charge >= 0.3 is 0 Å². The molecule has 0 radical (unpaired) electrons. The molecule has 1 saturated heterocycles. The minimum atomic E-state index is 0.238. The highest BCUT2D eigenvalue weighted by Gasteiger charge is 2.22. The zero-order valence-corrected chi connectivity index (χ0v) is 17.0. The Morgan fingerprint density at radius 1 is 1.26 bits per heavy atom. The van der Waals surface area contributed by atoms with Crippen LogP contribution in [0.2, 0.25) is 0 Å². The highest BCUT2D eigenvalue weighted by atomic mass is 16.5. The second-order valence-corrected chi connectivity index (χ2v) is 7.39. The van der Waals surface area contributed by atoms with E-state index in [1.807, 2.05) is 14.0 Å². The van der Waals surface area contributed by atoms with Crippen LogP contribution in [-0.2, 0) is 13.0 Å². The molecular formula is C21H34N4O2. The fourth-order valence-corrected chi connectivity index (χ4v) is 3.82. The number of likely N-dealkylation sites (tertiary alicyclic amines) is 1. The third-order valence-corrected chi connectivity index (χ3v) is 5.22. The molecule has 150 valence electrons. The molecule has 1 aromatic carbocycles. The molecule has 3 rings (SSSR count). The van der Waals surface area contributed by atoms with Crippen molar-refractivity contribution >= 4 is 5.96 Å². The average molecular weight is 375 g/mol. The Bertz CT molecular complexity index is 641. The first-order valence-electron chi connectivity index (χ1n) is 10.3. The number of hydrogen-bond acceptors (Lipinski definition) is 4. The van der Waals surface area contributed by atoms with Crippen LogP contribution in [0.5, 0.6) is 11.5 Å². The van der Waals surface area contributed by atoms with E-state index in [4.69, 9.17) is 9.47 Å². The Morgan fingerprint density at radius 2 is 2.07 bits per heavy atom. The summed E-state index contributed by atoms with van der Waals surface area (Å²) in [5, 5.41) is 6.83. The number of hydrogen-bond donors (Lipinski definition) is 2. The number of guanidine groups is 1. The van der Waals surface area contributed by atoms with Gasteiger partial charge in [0.1, 0.15) is 17.6 Å². The second-order valence-electron chi connectivity index (χ2n) is 7.39. The number of nitrogens with zero attached hydrogens (tertiary/aromatic N) is 2. The summed E-state index contributed by atoms with van der Waals surface area (Å²) in [7, 11) is 1.81. The SMILES string of the molecule is CCOc1cc2c(cc1CNC(=NC)NCCN1CCCCC1)OC(C)C2. The maximum absolute atomic E-state index is 5.91. The van der Waals surface area contributed by atoms with Crippen molar-refractivity contribution in [3.63, 3.8) is 0 Å². The minimum Gasteiger partial charge on any atom is -0.494 e. The summed E-state index contributed by atoms with van der Waals surface area (Å²) in [6, 6.07) is 4.24. The molecule has 27 heavy (non-hydrogen) atoms. The van der Waals surface area contributed by atoms with E-state index in [-0.39, 0.29) is 6.10 Å². The summed E-state index contributed by atoms with van der Waals surface area (Å²) in [5.41, 5.74) is 2.34. The largest absolute Gasteiger partial charge is 0.494 e. The van der Waals surface area contributed by atoms with Gasteiger partial charge in [0, 0.05) is 44.2 Å². The van der Waals surface area contributed by atoms with Crippen molar-refractivity contribution < 1.29 is 9.47 Å². The van der Waals surface area contributed by atoms with E-state index in [9.17, 15) is 0 Å². The molecule has 1 fully saturated rings. The van der Waals surface area contributed by atoms with Crippen molar-refractivity contribution in [2.45, 2.75) is 52.2 Å². The van der Waals surface area contributed by atoms with Gasteiger partial charge in [0.25, 0.3) is 0 Å². The number of nitrogens with one attached hydrogen (secondary N) is 2. The molecule has 2 aliphatic rings. The summed E-state index contributed by atoms with van der Waals surface area (Å²) >= 11 is 0. The van der Waals surface area contributed by atoms with Gasteiger partial charge in [-0.05, 0) is 51.9 Å². The lowest BCUT2D eigenvalue weighted by molar-refractivity contribution is 0.232. The fraction of sp³-hybridized carbons (Fsp3) is 0.667. The zero-order valence-electron chi connectivity index (χ0n) is 17.0. The van der Waals surface area contributed by atoms with Crippen molar-refractivity contribution in [3.05, 3.63) is 23.3 Å². The van der Waals surface area contributed by atoms with E-state index in [2.05, 4.69) is 39.6 Å². The molecule has 1 atom stereocenters. The first kappa shape index (κ1) is 19.8. The molecule has 0 amide bonds. The number of benzene rings is 1. The highest BCUT2D eigenvalue weighted by molar-refractivity contribution is 5.79. The van der Waals surface area contributed by atoms with Gasteiger partial charge < -0.3 is 25.0 Å². The van der Waals surface area contributed by atoms with E-state index in [0.29, 0.717) is 13.2 Å². The molecule has 0 saturated carbocycles. The van der Waals surface area contributed by atoms with E-state index >= 15 is 0 Å². The van der Waals surface area contributed by atoms with Gasteiger partial charge in [0.15, 0.2) is 5.96 Å². The monoisotopic (exact) mass is 374 g/mol. The molecule has 1 aromatic rings. The lowest BCUT2D eigenvalue weighted by Gasteiger charge is -2.26. The van der Waals surface area contributed by atoms with Gasteiger partial charge in [0.05, 0.1) is 6.61 Å². The quantitative estimate of drug-likeness (QED) is 0.567. The van der Waals surface area contributed by atoms with Crippen molar-refractivity contribution in [2.24, 2.45) is 4.99 Å². The number of ether oxygens (including phenoxy) is 2. The van der Waals surface area contributed by atoms with Crippen LogP contribution >= 0.6 is 0 Å². The second kappa shape index (κ2) is 9.83. The van der Waals surface area contributed by atoms with Crippen LogP contribution in [0.15, 0.2) is 17.1 Å². The molecule has 0 spiro atoms. The molecular weight excluding hydrogens is 340 g/mol. The Labute approximate surface area is 163 Å². The molecule has 2 N–H and O–H groups in total. The van der Waals surface area contributed by atoms with Crippen LogP contribution in [0, 0.1) is 0 Å². The molecule has 6 heteroatoms. The molecule has 0 aliphatic carbocycles. The maximum Gasteiger partial charge on any atom is 0.191 e.